The summed E-state index contributed by atoms with van der Waals surface area (Å²) in [4.78, 5) is 2.55. The SMILES string of the molecule is N#Cc1ccccc1OCCCCN1CCCCC1. The van der Waals surface area contributed by atoms with E-state index in [0.29, 0.717) is 17.9 Å². The van der Waals surface area contributed by atoms with E-state index >= 15 is 0 Å². The maximum atomic E-state index is 8.95. The van der Waals surface area contributed by atoms with E-state index in [1.807, 2.05) is 18.2 Å². The highest BCUT2D eigenvalue weighted by molar-refractivity contribution is 5.42. The molecule has 1 saturated heterocycles. The van der Waals surface area contributed by atoms with Crippen molar-refractivity contribution in [2.24, 2.45) is 0 Å². The van der Waals surface area contributed by atoms with Crippen LogP contribution in [0.5, 0.6) is 5.75 Å². The summed E-state index contributed by atoms with van der Waals surface area (Å²) in [6, 6.07) is 9.58. The lowest BCUT2D eigenvalue weighted by molar-refractivity contribution is 0.216. The lowest BCUT2D eigenvalue weighted by atomic mass is 10.1. The van der Waals surface area contributed by atoms with Gasteiger partial charge in [-0.1, -0.05) is 18.6 Å². The summed E-state index contributed by atoms with van der Waals surface area (Å²) in [5, 5.41) is 8.95. The Morgan fingerprint density at radius 3 is 2.68 bits per heavy atom. The topological polar surface area (TPSA) is 36.3 Å². The van der Waals surface area contributed by atoms with Gasteiger partial charge in [0.25, 0.3) is 0 Å². The maximum absolute atomic E-state index is 8.95. The number of unbranched alkanes of at least 4 members (excludes halogenated alkanes) is 1. The summed E-state index contributed by atoms with van der Waals surface area (Å²) >= 11 is 0. The molecule has 1 fully saturated rings. The average molecular weight is 258 g/mol. The molecule has 1 aromatic carbocycles. The van der Waals surface area contributed by atoms with Crippen LogP contribution in [-0.4, -0.2) is 31.1 Å². The Bertz CT molecular complexity index is 419. The number of benzene rings is 1. The molecule has 0 N–H and O–H groups in total. The van der Waals surface area contributed by atoms with Gasteiger partial charge >= 0.3 is 0 Å². The van der Waals surface area contributed by atoms with Gasteiger partial charge in [0.05, 0.1) is 12.2 Å². The fourth-order valence-electron chi connectivity index (χ4n) is 2.49. The Morgan fingerprint density at radius 2 is 1.89 bits per heavy atom. The molecule has 2 rings (SSSR count). The molecule has 0 amide bonds. The van der Waals surface area contributed by atoms with Gasteiger partial charge in [0.1, 0.15) is 11.8 Å². The molecule has 3 heteroatoms. The van der Waals surface area contributed by atoms with Gasteiger partial charge in [-0.25, -0.2) is 0 Å². The minimum absolute atomic E-state index is 0.624. The first kappa shape index (κ1) is 13.9. The number of rotatable bonds is 6. The molecular formula is C16H22N2O. The first-order chi connectivity index (χ1) is 9.40. The summed E-state index contributed by atoms with van der Waals surface area (Å²) in [6.45, 7) is 4.41. The zero-order valence-electron chi connectivity index (χ0n) is 11.5. The second-order valence-corrected chi connectivity index (χ2v) is 5.07. The Hall–Kier alpha value is -1.53. The van der Waals surface area contributed by atoms with Crippen LogP contribution >= 0.6 is 0 Å². The zero-order valence-corrected chi connectivity index (χ0v) is 11.5. The van der Waals surface area contributed by atoms with Crippen LogP contribution in [0, 0.1) is 11.3 Å². The first-order valence-electron chi connectivity index (χ1n) is 7.24. The van der Waals surface area contributed by atoms with Crippen LogP contribution in [0.2, 0.25) is 0 Å². The van der Waals surface area contributed by atoms with E-state index in [0.717, 1.165) is 6.42 Å². The molecule has 0 saturated carbocycles. The van der Waals surface area contributed by atoms with Crippen LogP contribution in [0.15, 0.2) is 24.3 Å². The molecule has 0 atom stereocenters. The van der Waals surface area contributed by atoms with E-state index in [2.05, 4.69) is 11.0 Å². The minimum atomic E-state index is 0.624. The first-order valence-corrected chi connectivity index (χ1v) is 7.24. The monoisotopic (exact) mass is 258 g/mol. The van der Waals surface area contributed by atoms with Crippen molar-refractivity contribution in [3.8, 4) is 11.8 Å². The molecule has 0 spiro atoms. The third-order valence-electron chi connectivity index (χ3n) is 3.58. The fraction of sp³-hybridized carbons (Fsp3) is 0.562. The van der Waals surface area contributed by atoms with Gasteiger partial charge in [0.2, 0.25) is 0 Å². The number of likely N-dealkylation sites (tertiary alicyclic amines) is 1. The van der Waals surface area contributed by atoms with Crippen LogP contribution in [0.25, 0.3) is 0 Å². The van der Waals surface area contributed by atoms with Crippen molar-refractivity contribution in [3.05, 3.63) is 29.8 Å². The number of hydrogen-bond acceptors (Lipinski definition) is 3. The van der Waals surface area contributed by atoms with E-state index in [9.17, 15) is 0 Å². The second kappa shape index (κ2) is 7.81. The van der Waals surface area contributed by atoms with Gasteiger partial charge < -0.3 is 9.64 Å². The van der Waals surface area contributed by atoms with Crippen molar-refractivity contribution < 1.29 is 4.74 Å². The number of nitriles is 1. The van der Waals surface area contributed by atoms with Crippen molar-refractivity contribution in [2.45, 2.75) is 32.1 Å². The molecule has 1 heterocycles. The summed E-state index contributed by atoms with van der Waals surface area (Å²) in [6.07, 6.45) is 6.33. The van der Waals surface area contributed by atoms with Gasteiger partial charge in [-0.2, -0.15) is 5.26 Å². The lowest BCUT2D eigenvalue weighted by Crippen LogP contribution is -2.30. The third-order valence-corrected chi connectivity index (χ3v) is 3.58. The highest BCUT2D eigenvalue weighted by atomic mass is 16.5. The number of hydrogen-bond donors (Lipinski definition) is 0. The van der Waals surface area contributed by atoms with Crippen molar-refractivity contribution in [2.75, 3.05) is 26.2 Å². The van der Waals surface area contributed by atoms with Gasteiger partial charge in [-0.15, -0.1) is 0 Å². The molecule has 3 nitrogen and oxygen atoms in total. The van der Waals surface area contributed by atoms with Crippen LogP contribution in [0.3, 0.4) is 0 Å². The predicted octanol–water partition coefficient (Wildman–Crippen LogP) is 3.20. The van der Waals surface area contributed by atoms with Crippen molar-refractivity contribution >= 4 is 0 Å². The van der Waals surface area contributed by atoms with E-state index in [1.165, 1.54) is 45.3 Å². The number of para-hydroxylation sites is 1. The number of piperidine rings is 1. The summed E-state index contributed by atoms with van der Waals surface area (Å²) < 4.78 is 5.68. The van der Waals surface area contributed by atoms with Gasteiger partial charge in [-0.05, 0) is 57.5 Å². The van der Waals surface area contributed by atoms with Crippen LogP contribution < -0.4 is 4.74 Å². The van der Waals surface area contributed by atoms with E-state index in [4.69, 9.17) is 10.00 Å². The zero-order chi connectivity index (χ0) is 13.3. The van der Waals surface area contributed by atoms with Crippen molar-refractivity contribution in [1.29, 1.82) is 5.26 Å². The molecule has 0 unspecified atom stereocenters. The second-order valence-electron chi connectivity index (χ2n) is 5.07. The van der Waals surface area contributed by atoms with Gasteiger partial charge in [0, 0.05) is 0 Å². The van der Waals surface area contributed by atoms with Crippen LogP contribution in [0.1, 0.15) is 37.7 Å². The van der Waals surface area contributed by atoms with Crippen molar-refractivity contribution in [3.63, 3.8) is 0 Å². The number of ether oxygens (including phenoxy) is 1. The molecule has 0 bridgehead atoms. The maximum Gasteiger partial charge on any atom is 0.137 e. The van der Waals surface area contributed by atoms with E-state index in [-0.39, 0.29) is 0 Å². The number of nitrogens with zero attached hydrogens (tertiary/aromatic N) is 2. The normalized spacial score (nSPS) is 15.9. The van der Waals surface area contributed by atoms with E-state index < -0.39 is 0 Å². The molecule has 0 radical (unpaired) electrons. The molecule has 0 aliphatic carbocycles. The smallest absolute Gasteiger partial charge is 0.137 e. The quantitative estimate of drug-likeness (QED) is 0.735. The highest BCUT2D eigenvalue weighted by Gasteiger charge is 2.09. The largest absolute Gasteiger partial charge is 0.492 e. The lowest BCUT2D eigenvalue weighted by Gasteiger charge is -2.26. The van der Waals surface area contributed by atoms with Crippen LogP contribution in [-0.2, 0) is 0 Å². The van der Waals surface area contributed by atoms with Crippen molar-refractivity contribution in [1.82, 2.24) is 4.90 Å². The molecule has 1 aliphatic rings. The Balaban J connectivity index is 1.62. The highest BCUT2D eigenvalue weighted by Crippen LogP contribution is 2.17. The Labute approximate surface area is 115 Å². The summed E-state index contributed by atoms with van der Waals surface area (Å²) in [7, 11) is 0. The Morgan fingerprint density at radius 1 is 1.11 bits per heavy atom. The molecule has 0 aromatic heterocycles. The summed E-state index contributed by atoms with van der Waals surface area (Å²) in [5.41, 5.74) is 0.624. The molecule has 1 aromatic rings. The third kappa shape index (κ3) is 4.57. The average Bonchev–Trinajstić information content (AvgIpc) is 2.48. The minimum Gasteiger partial charge on any atom is -0.492 e. The fourth-order valence-corrected chi connectivity index (χ4v) is 2.49. The molecule has 1 aliphatic heterocycles. The standard InChI is InChI=1S/C16H22N2O/c17-14-15-8-2-3-9-16(15)19-13-7-6-12-18-10-4-1-5-11-18/h2-3,8-9H,1,4-7,10-13H2. The Kier molecular flexibility index (Phi) is 5.71. The molecular weight excluding hydrogens is 236 g/mol. The van der Waals surface area contributed by atoms with Gasteiger partial charge in [0.15, 0.2) is 0 Å². The molecule has 19 heavy (non-hydrogen) atoms. The van der Waals surface area contributed by atoms with Crippen LogP contribution in [0.4, 0.5) is 0 Å². The summed E-state index contributed by atoms with van der Waals surface area (Å²) in [5.74, 6) is 0.711. The van der Waals surface area contributed by atoms with E-state index in [1.54, 1.807) is 6.07 Å². The van der Waals surface area contributed by atoms with Gasteiger partial charge in [-0.3, -0.25) is 0 Å². The predicted molar refractivity (Wildman–Crippen MR) is 76.2 cm³/mol. The molecule has 102 valence electrons.